The van der Waals surface area contributed by atoms with Crippen molar-refractivity contribution >= 4 is 23.2 Å². The third kappa shape index (κ3) is 5.06. The van der Waals surface area contributed by atoms with E-state index in [1.807, 2.05) is 24.3 Å². The van der Waals surface area contributed by atoms with Crippen LogP contribution in [0.1, 0.15) is 30.9 Å². The lowest BCUT2D eigenvalue weighted by atomic mass is 10.1. The van der Waals surface area contributed by atoms with Gasteiger partial charge in [0.15, 0.2) is 0 Å². The molecule has 32 heavy (non-hydrogen) atoms. The van der Waals surface area contributed by atoms with Gasteiger partial charge in [0.05, 0.1) is 11.5 Å². The molecule has 2 aliphatic heterocycles. The molecule has 2 aliphatic rings. The minimum Gasteiger partial charge on any atom is -0.371 e. The second kappa shape index (κ2) is 8.84. The molecule has 0 bridgehead atoms. The number of nitrogens with zero attached hydrogens (tertiary/aromatic N) is 2. The molecule has 2 aromatic carbocycles. The summed E-state index contributed by atoms with van der Waals surface area (Å²) in [6, 6.07) is 12.6. The van der Waals surface area contributed by atoms with Gasteiger partial charge in [-0.1, -0.05) is 19.1 Å². The van der Waals surface area contributed by atoms with E-state index in [2.05, 4.69) is 17.1 Å². The van der Waals surface area contributed by atoms with Crippen LogP contribution in [-0.2, 0) is 22.3 Å². The minimum atomic E-state index is -4.43. The molecule has 1 N–H and O–H groups in total. The van der Waals surface area contributed by atoms with Crippen molar-refractivity contribution < 1.29 is 22.8 Å². The fraction of sp³-hybridized carbons (Fsp3) is 0.417. The number of hydrogen-bond acceptors (Lipinski definition) is 3. The van der Waals surface area contributed by atoms with Gasteiger partial charge in [0.25, 0.3) is 0 Å². The number of halogens is 3. The Balaban J connectivity index is 1.34. The number of hydrogen-bond donors (Lipinski definition) is 1. The lowest BCUT2D eigenvalue weighted by molar-refractivity contribution is -0.137. The Kier molecular flexibility index (Phi) is 6.13. The van der Waals surface area contributed by atoms with E-state index in [-0.39, 0.29) is 31.3 Å². The van der Waals surface area contributed by atoms with Gasteiger partial charge in [0.2, 0.25) is 11.8 Å². The summed E-state index contributed by atoms with van der Waals surface area (Å²) >= 11 is 0. The summed E-state index contributed by atoms with van der Waals surface area (Å²) < 4.78 is 38.8. The van der Waals surface area contributed by atoms with Crippen molar-refractivity contribution in [3.05, 3.63) is 59.7 Å². The summed E-state index contributed by atoms with van der Waals surface area (Å²) in [6.07, 6.45) is -3.21. The first kappa shape index (κ1) is 22.2. The van der Waals surface area contributed by atoms with E-state index in [9.17, 15) is 22.8 Å². The van der Waals surface area contributed by atoms with Crippen LogP contribution in [-0.4, -0.2) is 36.3 Å². The number of carbonyl (C=O) groups is 2. The zero-order chi connectivity index (χ0) is 22.9. The van der Waals surface area contributed by atoms with Gasteiger partial charge in [-0.05, 0) is 54.3 Å². The van der Waals surface area contributed by atoms with Crippen LogP contribution in [0, 0.1) is 11.8 Å². The SMILES string of the molecule is CC1CCN(c2ccc(NC(=O)C3CC(=O)N(Cc4cccc(C(F)(F)F)c4)C3)cc2)C1. The molecule has 2 amide bonds. The monoisotopic (exact) mass is 445 g/mol. The molecule has 0 aromatic heterocycles. The van der Waals surface area contributed by atoms with E-state index in [0.29, 0.717) is 17.2 Å². The molecule has 0 aliphatic carbocycles. The Bertz CT molecular complexity index is 991. The standard InChI is InChI=1S/C24H26F3N3O2/c1-16-9-10-29(13-16)21-7-5-20(6-8-21)28-23(32)18-12-22(31)30(15-18)14-17-3-2-4-19(11-17)24(25,26)27/h2-8,11,16,18H,9-10,12-15H2,1H3,(H,28,32). The third-order valence-corrected chi connectivity index (χ3v) is 6.14. The van der Waals surface area contributed by atoms with Gasteiger partial charge in [-0.25, -0.2) is 0 Å². The van der Waals surface area contributed by atoms with E-state index in [4.69, 9.17) is 0 Å². The number of anilines is 2. The van der Waals surface area contributed by atoms with E-state index >= 15 is 0 Å². The van der Waals surface area contributed by atoms with Crippen LogP contribution in [0.25, 0.3) is 0 Å². The molecular formula is C24H26F3N3O2. The third-order valence-electron chi connectivity index (χ3n) is 6.14. The highest BCUT2D eigenvalue weighted by Crippen LogP contribution is 2.31. The molecule has 2 unspecified atom stereocenters. The first-order chi connectivity index (χ1) is 15.2. The molecule has 170 valence electrons. The summed E-state index contributed by atoms with van der Waals surface area (Å²) in [6.45, 7) is 4.52. The van der Waals surface area contributed by atoms with Gasteiger partial charge in [-0.2, -0.15) is 13.2 Å². The molecule has 0 saturated carbocycles. The molecule has 4 rings (SSSR count). The van der Waals surface area contributed by atoms with Gasteiger partial charge in [-0.3, -0.25) is 9.59 Å². The Labute approximate surface area is 185 Å². The summed E-state index contributed by atoms with van der Waals surface area (Å²) in [5.74, 6) is -0.353. The Morgan fingerprint density at radius 3 is 2.53 bits per heavy atom. The number of rotatable bonds is 5. The number of benzene rings is 2. The molecule has 2 aromatic rings. The van der Waals surface area contributed by atoms with Crippen LogP contribution in [0.4, 0.5) is 24.5 Å². The minimum absolute atomic E-state index is 0.0501. The number of alkyl halides is 3. The van der Waals surface area contributed by atoms with Crippen LogP contribution in [0.2, 0.25) is 0 Å². The average Bonchev–Trinajstić information content (AvgIpc) is 3.34. The summed E-state index contributed by atoms with van der Waals surface area (Å²) in [7, 11) is 0. The average molecular weight is 445 g/mol. The summed E-state index contributed by atoms with van der Waals surface area (Å²) in [5, 5.41) is 2.86. The van der Waals surface area contributed by atoms with Gasteiger partial charge in [0, 0.05) is 44.0 Å². The number of nitrogens with one attached hydrogen (secondary N) is 1. The zero-order valence-electron chi connectivity index (χ0n) is 17.9. The first-order valence-corrected chi connectivity index (χ1v) is 10.8. The molecule has 0 spiro atoms. The van der Waals surface area contributed by atoms with E-state index in [0.717, 1.165) is 30.9 Å². The molecule has 2 atom stereocenters. The van der Waals surface area contributed by atoms with Crippen LogP contribution < -0.4 is 10.2 Å². The van der Waals surface area contributed by atoms with Crippen molar-refractivity contribution in [2.75, 3.05) is 29.9 Å². The molecule has 2 saturated heterocycles. The van der Waals surface area contributed by atoms with Crippen molar-refractivity contribution in [3.63, 3.8) is 0 Å². The van der Waals surface area contributed by atoms with Gasteiger partial charge >= 0.3 is 6.18 Å². The number of likely N-dealkylation sites (tertiary alicyclic amines) is 1. The van der Waals surface area contributed by atoms with Crippen molar-refractivity contribution in [1.82, 2.24) is 4.90 Å². The first-order valence-electron chi connectivity index (χ1n) is 10.8. The van der Waals surface area contributed by atoms with Crippen LogP contribution in [0.5, 0.6) is 0 Å². The van der Waals surface area contributed by atoms with Crippen molar-refractivity contribution in [2.24, 2.45) is 11.8 Å². The summed E-state index contributed by atoms with van der Waals surface area (Å²) in [4.78, 5) is 28.8. The maximum absolute atomic E-state index is 12.9. The topological polar surface area (TPSA) is 52.7 Å². The van der Waals surface area contributed by atoms with Crippen LogP contribution in [0.15, 0.2) is 48.5 Å². The van der Waals surface area contributed by atoms with Crippen LogP contribution in [0.3, 0.4) is 0 Å². The Hall–Kier alpha value is -3.03. The van der Waals surface area contributed by atoms with E-state index in [1.54, 1.807) is 6.07 Å². The predicted molar refractivity (Wildman–Crippen MR) is 116 cm³/mol. The number of amides is 2. The zero-order valence-corrected chi connectivity index (χ0v) is 17.9. The molecule has 5 nitrogen and oxygen atoms in total. The molecule has 2 heterocycles. The number of carbonyl (C=O) groups excluding carboxylic acids is 2. The highest BCUT2D eigenvalue weighted by molar-refractivity contribution is 5.97. The molecular weight excluding hydrogens is 419 g/mol. The van der Waals surface area contributed by atoms with Crippen molar-refractivity contribution in [3.8, 4) is 0 Å². The molecule has 2 fully saturated rings. The van der Waals surface area contributed by atoms with Gasteiger partial charge in [0.1, 0.15) is 0 Å². The van der Waals surface area contributed by atoms with Crippen molar-refractivity contribution in [1.29, 1.82) is 0 Å². The fourth-order valence-electron chi connectivity index (χ4n) is 4.34. The normalized spacial score (nSPS) is 21.3. The summed E-state index contributed by atoms with van der Waals surface area (Å²) in [5.41, 5.74) is 1.43. The second-order valence-electron chi connectivity index (χ2n) is 8.75. The smallest absolute Gasteiger partial charge is 0.371 e. The second-order valence-corrected chi connectivity index (χ2v) is 8.75. The van der Waals surface area contributed by atoms with E-state index in [1.165, 1.54) is 17.4 Å². The Morgan fingerprint density at radius 2 is 1.88 bits per heavy atom. The predicted octanol–water partition coefficient (Wildman–Crippen LogP) is 4.54. The maximum Gasteiger partial charge on any atom is 0.416 e. The Morgan fingerprint density at radius 1 is 1.12 bits per heavy atom. The molecule has 8 heteroatoms. The lowest BCUT2D eigenvalue weighted by Crippen LogP contribution is -2.28. The fourth-order valence-corrected chi connectivity index (χ4v) is 4.34. The van der Waals surface area contributed by atoms with Crippen molar-refractivity contribution in [2.45, 2.75) is 32.5 Å². The largest absolute Gasteiger partial charge is 0.416 e. The van der Waals surface area contributed by atoms with Gasteiger partial charge in [-0.15, -0.1) is 0 Å². The van der Waals surface area contributed by atoms with Crippen LogP contribution >= 0.6 is 0 Å². The highest BCUT2D eigenvalue weighted by Gasteiger charge is 2.35. The van der Waals surface area contributed by atoms with E-state index < -0.39 is 17.7 Å². The highest BCUT2D eigenvalue weighted by atomic mass is 19.4. The molecule has 0 radical (unpaired) electrons. The van der Waals surface area contributed by atoms with Gasteiger partial charge < -0.3 is 15.1 Å². The maximum atomic E-state index is 12.9. The quantitative estimate of drug-likeness (QED) is 0.735. The lowest BCUT2D eigenvalue weighted by Gasteiger charge is -2.19.